The van der Waals surface area contributed by atoms with Gasteiger partial charge in [0.2, 0.25) is 0 Å². The van der Waals surface area contributed by atoms with E-state index in [1.54, 1.807) is 17.6 Å². The van der Waals surface area contributed by atoms with Crippen LogP contribution in [0.5, 0.6) is 0 Å². The van der Waals surface area contributed by atoms with Gasteiger partial charge in [0.1, 0.15) is 0 Å². The molecule has 0 saturated heterocycles. The molecule has 1 unspecified atom stereocenters. The summed E-state index contributed by atoms with van der Waals surface area (Å²) in [5.41, 5.74) is 12.4. The number of halogens is 2. The van der Waals surface area contributed by atoms with Crippen LogP contribution in [0, 0.1) is 11.3 Å². The molecule has 0 aromatic heterocycles. The minimum atomic E-state index is -2.59. The smallest absolute Gasteiger partial charge is 1.00 e. The van der Waals surface area contributed by atoms with Gasteiger partial charge in [0.05, 0.1) is 0 Å². The molecule has 0 nitrogen and oxygen atoms in total. The number of benzene rings is 3. The first-order chi connectivity index (χ1) is 19.1. The van der Waals surface area contributed by atoms with Crippen LogP contribution in [0.2, 0.25) is 0 Å². The number of allylic oxidation sites excluding steroid dienone is 4. The quantitative estimate of drug-likeness (QED) is 0.357. The molecule has 0 N–H and O–H groups in total. The van der Waals surface area contributed by atoms with Gasteiger partial charge in [0.15, 0.2) is 0 Å². The molecule has 2 aliphatic rings. The van der Waals surface area contributed by atoms with Crippen LogP contribution in [0.1, 0.15) is 114 Å². The monoisotopic (exact) mass is 690 g/mol. The Bertz CT molecular complexity index is 1500. The number of rotatable bonds is 4. The number of hydrogen-bond donors (Lipinski definition) is 0. The van der Waals surface area contributed by atoms with Crippen molar-refractivity contribution in [2.45, 2.75) is 97.0 Å². The van der Waals surface area contributed by atoms with E-state index in [2.05, 4.69) is 155 Å². The minimum absolute atomic E-state index is 0. The summed E-state index contributed by atoms with van der Waals surface area (Å²) in [5.74, 6) is 0.543. The van der Waals surface area contributed by atoms with Crippen molar-refractivity contribution in [2.75, 3.05) is 0 Å². The van der Waals surface area contributed by atoms with E-state index in [0.717, 1.165) is 0 Å². The fourth-order valence-electron chi connectivity index (χ4n) is 6.66. The van der Waals surface area contributed by atoms with Gasteiger partial charge in [0.25, 0.3) is 0 Å². The zero-order valence-electron chi connectivity index (χ0n) is 28.1. The third-order valence-electron chi connectivity index (χ3n) is 9.35. The maximum atomic E-state index is 2.67. The predicted molar refractivity (Wildman–Crippen MR) is 177 cm³/mol. The van der Waals surface area contributed by atoms with E-state index in [1.807, 2.05) is 0 Å². The molecular formula is C40H50Cl2Zr. The summed E-state index contributed by atoms with van der Waals surface area (Å²) in [5, 5.41) is 0. The van der Waals surface area contributed by atoms with Crippen LogP contribution < -0.4 is 24.8 Å². The Morgan fingerprint density at radius 3 is 1.58 bits per heavy atom. The summed E-state index contributed by atoms with van der Waals surface area (Å²) in [7, 11) is 0. The van der Waals surface area contributed by atoms with Crippen molar-refractivity contribution in [1.29, 1.82) is 0 Å². The zero-order valence-corrected chi connectivity index (χ0v) is 32.1. The first kappa shape index (κ1) is 35.9. The van der Waals surface area contributed by atoms with Crippen molar-refractivity contribution in [2.24, 2.45) is 11.3 Å². The fraction of sp³-hybridized carbons (Fsp3) is 0.425. The molecule has 3 aromatic carbocycles. The second kappa shape index (κ2) is 13.1. The van der Waals surface area contributed by atoms with E-state index in [4.69, 9.17) is 0 Å². The van der Waals surface area contributed by atoms with Crippen molar-refractivity contribution in [3.63, 3.8) is 0 Å². The minimum Gasteiger partial charge on any atom is -1.00 e. The molecule has 0 amide bonds. The molecule has 0 radical (unpaired) electrons. The first-order valence-electron chi connectivity index (χ1n) is 15.6. The largest absolute Gasteiger partial charge is 1.00 e. The van der Waals surface area contributed by atoms with Crippen molar-refractivity contribution in [3.8, 4) is 11.1 Å². The van der Waals surface area contributed by atoms with Gasteiger partial charge in [-0.25, -0.2) is 0 Å². The molecule has 0 aliphatic heterocycles. The summed E-state index contributed by atoms with van der Waals surface area (Å²) in [4.78, 5) is 0. The molecule has 3 heteroatoms. The van der Waals surface area contributed by atoms with Gasteiger partial charge in [-0.05, 0) is 0 Å². The van der Waals surface area contributed by atoms with Crippen molar-refractivity contribution in [1.82, 2.24) is 0 Å². The predicted octanol–water partition coefficient (Wildman–Crippen LogP) is 5.11. The second-order valence-corrected chi connectivity index (χ2v) is 22.1. The summed E-state index contributed by atoms with van der Waals surface area (Å²) < 4.78 is 3.93. The normalized spacial score (nSPS) is 16.8. The molecule has 0 spiro atoms. The van der Waals surface area contributed by atoms with Crippen LogP contribution in [-0.4, -0.2) is 3.21 Å². The summed E-state index contributed by atoms with van der Waals surface area (Å²) in [6.07, 6.45) is 6.48. The van der Waals surface area contributed by atoms with Crippen LogP contribution >= 0.6 is 0 Å². The summed E-state index contributed by atoms with van der Waals surface area (Å²) >= 11 is -2.59. The third-order valence-corrected chi connectivity index (χ3v) is 17.8. The average Bonchev–Trinajstić information content (AvgIpc) is 3.48. The maximum Gasteiger partial charge on any atom is -1.00 e. The molecule has 2 aliphatic carbocycles. The molecule has 228 valence electrons. The van der Waals surface area contributed by atoms with Gasteiger partial charge in [-0.3, -0.25) is 0 Å². The second-order valence-electron chi connectivity index (χ2n) is 15.4. The van der Waals surface area contributed by atoms with Crippen LogP contribution in [0.4, 0.5) is 0 Å². The van der Waals surface area contributed by atoms with Gasteiger partial charge in [-0.1, -0.05) is 0 Å². The average molecular weight is 693 g/mol. The van der Waals surface area contributed by atoms with E-state index in [1.165, 1.54) is 39.8 Å². The molecule has 0 heterocycles. The van der Waals surface area contributed by atoms with Crippen LogP contribution in [0.15, 0.2) is 87.7 Å². The Morgan fingerprint density at radius 2 is 1.16 bits per heavy atom. The first-order valence-corrected chi connectivity index (χ1v) is 19.5. The number of fused-ring (bicyclic) bond motifs is 3. The third kappa shape index (κ3) is 7.01. The van der Waals surface area contributed by atoms with Crippen LogP contribution in [0.3, 0.4) is 0 Å². The standard InChI is InChI=1S/C21H25.C11H17.C8H8.2ClH.Zr/c1-20(2,3)16-7-9-18-14(12-16)11-15-13-17(21(4,5)6)8-10-19(15)18;1-5-9-6-7-10(8-9)11(2,3)4;1-2-8-6-4-3-5-7-8;;;/h7-13H,1-6H3;7-9H,5H2,1-4H3;3-7H,1H3;2*1H;/q;;;;;+2/p-2. The zero-order chi connectivity index (χ0) is 29.9. The Hall–Kier alpha value is -1.53. The molecule has 0 bridgehead atoms. The van der Waals surface area contributed by atoms with Crippen molar-refractivity contribution in [3.05, 3.63) is 116 Å². The van der Waals surface area contributed by atoms with Crippen molar-refractivity contribution >= 4 is 3.21 Å². The van der Waals surface area contributed by atoms with E-state index >= 15 is 0 Å². The van der Waals surface area contributed by atoms with E-state index in [-0.39, 0.29) is 41.1 Å². The van der Waals surface area contributed by atoms with Gasteiger partial charge in [0, 0.05) is 0 Å². The van der Waals surface area contributed by atoms with Gasteiger partial charge < -0.3 is 24.8 Å². The summed E-state index contributed by atoms with van der Waals surface area (Å²) in [6, 6.07) is 26.2. The van der Waals surface area contributed by atoms with Crippen LogP contribution in [-0.2, 0) is 32.1 Å². The SMILES string of the molecule is CCC1C=C(C(C)(C)C)C=[C]1/[Zr+2](=[C](/C)c1ccccc1)[CH]1c2cc(C(C)(C)C)ccc2-c2ccc(C(C)(C)C)cc21.[Cl-].[Cl-]. The molecular weight excluding hydrogens is 643 g/mol. The molecule has 5 rings (SSSR count). The Morgan fingerprint density at radius 1 is 0.674 bits per heavy atom. The van der Waals surface area contributed by atoms with E-state index in [9.17, 15) is 0 Å². The van der Waals surface area contributed by atoms with Crippen molar-refractivity contribution < 1.29 is 46.1 Å². The Balaban J connectivity index is 0.00000253. The van der Waals surface area contributed by atoms with Gasteiger partial charge >= 0.3 is 260 Å². The number of hydrogen-bond acceptors (Lipinski definition) is 0. The van der Waals surface area contributed by atoms with E-state index in [0.29, 0.717) is 9.54 Å². The molecule has 0 fully saturated rings. The topological polar surface area (TPSA) is 0 Å². The summed E-state index contributed by atoms with van der Waals surface area (Å²) in [6.45, 7) is 26.2. The molecule has 3 aromatic rings. The van der Waals surface area contributed by atoms with Crippen LogP contribution in [0.25, 0.3) is 11.1 Å². The Kier molecular flexibility index (Phi) is 10.9. The van der Waals surface area contributed by atoms with Gasteiger partial charge in [-0.2, -0.15) is 0 Å². The maximum absolute atomic E-state index is 2.67. The molecule has 43 heavy (non-hydrogen) atoms. The Labute approximate surface area is 282 Å². The molecule has 1 atom stereocenters. The van der Waals surface area contributed by atoms with Gasteiger partial charge in [-0.15, -0.1) is 0 Å². The fourth-order valence-corrected chi connectivity index (χ4v) is 15.9. The van der Waals surface area contributed by atoms with E-state index < -0.39 is 21.3 Å². The molecule has 0 saturated carbocycles.